The van der Waals surface area contributed by atoms with Crippen LogP contribution < -0.4 is 11.2 Å². The van der Waals surface area contributed by atoms with Crippen molar-refractivity contribution in [3.63, 3.8) is 0 Å². The van der Waals surface area contributed by atoms with E-state index in [1.165, 1.54) is 17.7 Å². The van der Waals surface area contributed by atoms with Crippen LogP contribution in [0.25, 0.3) is 0 Å². The summed E-state index contributed by atoms with van der Waals surface area (Å²) in [5.74, 6) is 0. The summed E-state index contributed by atoms with van der Waals surface area (Å²) in [5.41, 5.74) is -0.906. The van der Waals surface area contributed by atoms with Gasteiger partial charge >= 0.3 is 20.2 Å². The molecule has 1 saturated heterocycles. The first-order valence-corrected chi connectivity index (χ1v) is 19.8. The van der Waals surface area contributed by atoms with E-state index in [1.54, 1.807) is 0 Å². The van der Waals surface area contributed by atoms with Gasteiger partial charge in [-0.1, -0.05) is 20.8 Å². The van der Waals surface area contributed by atoms with Crippen molar-refractivity contribution in [3.8, 4) is 0 Å². The van der Waals surface area contributed by atoms with Crippen LogP contribution in [0, 0.1) is 6.92 Å². The molecule has 13 nitrogen and oxygen atoms in total. The zero-order valence-corrected chi connectivity index (χ0v) is 25.4. The van der Waals surface area contributed by atoms with E-state index in [2.05, 4.69) is 41.9 Å². The number of ether oxygens (including phenoxy) is 1. The van der Waals surface area contributed by atoms with Gasteiger partial charge in [0.25, 0.3) is 5.56 Å². The maximum absolute atomic E-state index is 12.4. The second-order valence-electron chi connectivity index (χ2n) is 9.45. The van der Waals surface area contributed by atoms with Crippen molar-refractivity contribution < 1.29 is 41.6 Å². The highest BCUT2D eigenvalue weighted by Gasteiger charge is 2.43. The van der Waals surface area contributed by atoms with E-state index in [0.717, 1.165) is 0 Å². The molecule has 1 aliphatic heterocycles. The Kier molecular flexibility index (Phi) is 10.3. The third-order valence-electron chi connectivity index (χ3n) is 5.70. The molecule has 2 unspecified atom stereocenters. The summed E-state index contributed by atoms with van der Waals surface area (Å²) >= 11 is 9.24. The monoisotopic (exact) mass is 612 g/mol. The predicted molar refractivity (Wildman–Crippen MR) is 139 cm³/mol. The van der Waals surface area contributed by atoms with E-state index >= 15 is 0 Å². The summed E-state index contributed by atoms with van der Waals surface area (Å²) in [6.07, 6.45) is -0.957. The number of rotatable bonds is 10. The molecule has 1 fully saturated rings. The molecule has 0 aliphatic carbocycles. The summed E-state index contributed by atoms with van der Waals surface area (Å²) in [5, 5.41) is -0.0975. The molecule has 1 aromatic heterocycles. The first-order valence-electron chi connectivity index (χ1n) is 10.3. The Hall–Kier alpha value is 0.107. The average Bonchev–Trinajstić information content (AvgIpc) is 3.01. The van der Waals surface area contributed by atoms with Gasteiger partial charge < -0.3 is 28.4 Å². The minimum atomic E-state index is -5.00. The molecule has 2 rings (SSSR count). The molecular formula is C16H31N2O11P3S2Si. The Morgan fingerprint density at radius 2 is 1.91 bits per heavy atom. The van der Waals surface area contributed by atoms with Gasteiger partial charge in [-0.2, -0.15) is 0 Å². The van der Waals surface area contributed by atoms with E-state index in [0.29, 0.717) is 5.56 Å². The molecule has 35 heavy (non-hydrogen) atoms. The molecule has 0 amide bonds. The fourth-order valence-corrected chi connectivity index (χ4v) is 8.76. The van der Waals surface area contributed by atoms with E-state index in [9.17, 15) is 19.0 Å². The number of nitrogens with zero attached hydrogens (tertiary/aromatic N) is 1. The molecule has 0 aromatic carbocycles. The van der Waals surface area contributed by atoms with Crippen LogP contribution in [0.1, 0.15) is 39.0 Å². The maximum Gasteiger partial charge on any atom is 0.484 e. The van der Waals surface area contributed by atoms with Crippen LogP contribution >= 0.6 is 21.7 Å². The third kappa shape index (κ3) is 9.12. The zero-order valence-electron chi connectivity index (χ0n) is 20.0. The molecule has 4 N–H and O–H groups in total. The standard InChI is InChI=1S/C16H31N2O11P3S2Si/c1-10-8-18(15(20)17-14(10)19)13-7-11(12(26-13)9-25-35(5,6)16(2,3)4)27-30(33)28-31(21,22)29-32(23,24)34/h8,11-13,30H,7,9H2,1-6H3,(H,21,22)(H,17,19,20)(H2,23,24,34)/t11-,12+,13+/m0/s1. The highest BCUT2D eigenvalue weighted by molar-refractivity contribution is 8.08. The number of aromatic amines is 1. The number of H-pyrrole nitrogens is 1. The molecule has 0 radical (unpaired) electrons. The van der Waals surface area contributed by atoms with Crippen LogP contribution in [0.4, 0.5) is 0 Å². The smallest absolute Gasteiger partial charge is 0.414 e. The van der Waals surface area contributed by atoms with Crippen molar-refractivity contribution >= 4 is 53.6 Å². The van der Waals surface area contributed by atoms with E-state index < -0.39 is 59.7 Å². The van der Waals surface area contributed by atoms with Crippen LogP contribution in [0.2, 0.25) is 18.1 Å². The third-order valence-corrected chi connectivity index (χ3v) is 15.4. The normalized spacial score (nSPS) is 24.3. The average molecular weight is 613 g/mol. The van der Waals surface area contributed by atoms with Crippen molar-refractivity contribution in [3.05, 3.63) is 32.6 Å². The molecule has 202 valence electrons. The molecule has 0 saturated carbocycles. The van der Waals surface area contributed by atoms with Gasteiger partial charge in [0.2, 0.25) is 0 Å². The lowest BCUT2D eigenvalue weighted by molar-refractivity contribution is -0.0388. The fraction of sp³-hybridized carbons (Fsp3) is 0.750. The second kappa shape index (κ2) is 11.5. The van der Waals surface area contributed by atoms with Crippen molar-refractivity contribution in [2.24, 2.45) is 0 Å². The maximum atomic E-state index is 12.4. The molecule has 2 heterocycles. The van der Waals surface area contributed by atoms with Gasteiger partial charge in [-0.05, 0) is 48.7 Å². The summed E-state index contributed by atoms with van der Waals surface area (Å²) in [7, 11) is -10.1. The Balaban J connectivity index is 2.25. The molecule has 1 aromatic rings. The lowest BCUT2D eigenvalue weighted by atomic mass is 10.2. The SMILES string of the molecule is Cc1cn([C@H]2C[C@H](O[PH](=S)OP(=O)(O)OP(O)(O)=S)[C@@H](CO[Si](C)(C)C(C)(C)C)O2)c(=O)[nH]c1=O. The van der Waals surface area contributed by atoms with Crippen molar-refractivity contribution in [2.45, 2.75) is 70.7 Å². The van der Waals surface area contributed by atoms with E-state index in [4.69, 9.17) is 39.6 Å². The lowest BCUT2D eigenvalue weighted by Crippen LogP contribution is -2.44. The van der Waals surface area contributed by atoms with Crippen molar-refractivity contribution in [2.75, 3.05) is 6.61 Å². The number of nitrogens with one attached hydrogen (secondary N) is 1. The van der Waals surface area contributed by atoms with Gasteiger partial charge in [0.1, 0.15) is 12.3 Å². The molecular weight excluding hydrogens is 581 g/mol. The number of hydrogen-bond donors (Lipinski definition) is 4. The minimum absolute atomic E-state index is 0.0830. The quantitative estimate of drug-likeness (QED) is 0.224. The molecule has 5 atom stereocenters. The fourth-order valence-electron chi connectivity index (χ4n) is 2.84. The van der Waals surface area contributed by atoms with Crippen molar-refractivity contribution in [1.29, 1.82) is 0 Å². The number of hydrogen-bond acceptors (Lipinski definition) is 10. The van der Waals surface area contributed by atoms with Gasteiger partial charge in [0.05, 0.1) is 12.7 Å². The predicted octanol–water partition coefficient (Wildman–Crippen LogP) is 2.39. The van der Waals surface area contributed by atoms with Gasteiger partial charge in [0.15, 0.2) is 15.5 Å². The van der Waals surface area contributed by atoms with Crippen LogP contribution in [-0.4, -0.2) is 51.4 Å². The van der Waals surface area contributed by atoms with Crippen LogP contribution in [0.3, 0.4) is 0 Å². The number of aryl methyl sites for hydroxylation is 1. The Bertz CT molecular complexity index is 1160. The molecule has 19 heteroatoms. The Morgan fingerprint density at radius 1 is 1.31 bits per heavy atom. The minimum Gasteiger partial charge on any atom is -0.414 e. The van der Waals surface area contributed by atoms with Crippen LogP contribution in [-0.2, 0) is 50.5 Å². The lowest BCUT2D eigenvalue weighted by Gasteiger charge is -2.37. The summed E-state index contributed by atoms with van der Waals surface area (Å²) in [4.78, 5) is 54.3. The van der Waals surface area contributed by atoms with Gasteiger partial charge in [-0.15, -0.1) is 0 Å². The largest absolute Gasteiger partial charge is 0.484 e. The highest BCUT2D eigenvalue weighted by Crippen LogP contribution is 2.62. The zero-order chi connectivity index (χ0) is 27.0. The molecule has 1 aliphatic rings. The summed E-state index contributed by atoms with van der Waals surface area (Å²) in [6.45, 7) is 7.41. The summed E-state index contributed by atoms with van der Waals surface area (Å²) in [6, 6.07) is 0. The van der Waals surface area contributed by atoms with Crippen LogP contribution in [0.5, 0.6) is 0 Å². The topological polar surface area (TPSA) is 179 Å². The van der Waals surface area contributed by atoms with Crippen molar-refractivity contribution in [1.82, 2.24) is 9.55 Å². The number of aromatic nitrogens is 2. The first-order chi connectivity index (χ1) is 15.7. The van der Waals surface area contributed by atoms with Gasteiger partial charge in [0, 0.05) is 18.2 Å². The summed E-state index contributed by atoms with van der Waals surface area (Å²) < 4.78 is 40.0. The van der Waals surface area contributed by atoms with Crippen LogP contribution in [0.15, 0.2) is 15.8 Å². The molecule has 0 spiro atoms. The second-order valence-corrected chi connectivity index (χ2v) is 20.7. The first kappa shape index (κ1) is 31.3. The number of phosphoric acid groups is 1. The van der Waals surface area contributed by atoms with Gasteiger partial charge in [-0.3, -0.25) is 14.3 Å². The van der Waals surface area contributed by atoms with E-state index in [-0.39, 0.29) is 18.1 Å². The van der Waals surface area contributed by atoms with E-state index in [1.807, 2.05) is 13.1 Å². The highest BCUT2D eigenvalue weighted by atomic mass is 32.5. The van der Waals surface area contributed by atoms with Gasteiger partial charge in [-0.25, -0.2) is 18.0 Å². The molecule has 0 bridgehead atoms. The Labute approximate surface area is 214 Å². The Morgan fingerprint density at radius 3 is 2.46 bits per heavy atom.